The van der Waals surface area contributed by atoms with Gasteiger partial charge in [-0.2, -0.15) is 0 Å². The third-order valence-electron chi connectivity index (χ3n) is 2.83. The number of thiophene rings is 1. The highest BCUT2D eigenvalue weighted by molar-refractivity contribution is 7.19. The number of rotatable bonds is 1. The van der Waals surface area contributed by atoms with Gasteiger partial charge in [0.25, 0.3) is 0 Å². The molecule has 0 spiro atoms. The van der Waals surface area contributed by atoms with Gasteiger partial charge in [-0.05, 0) is 29.3 Å². The molecule has 0 radical (unpaired) electrons. The topological polar surface area (TPSA) is 0 Å². The van der Waals surface area contributed by atoms with Crippen molar-refractivity contribution >= 4 is 32.2 Å². The normalized spacial score (nSPS) is 11.3. The van der Waals surface area contributed by atoms with E-state index >= 15 is 0 Å². The number of benzene rings is 2. The average molecular weight is 212 g/mol. The van der Waals surface area contributed by atoms with E-state index in [0.717, 1.165) is 6.42 Å². The molecule has 0 aliphatic heterocycles. The lowest BCUT2D eigenvalue weighted by molar-refractivity contribution is 1.19. The number of fused-ring (bicyclic) bond motifs is 3. The highest BCUT2D eigenvalue weighted by atomic mass is 32.1. The number of hydrogen-bond donors (Lipinski definition) is 0. The summed E-state index contributed by atoms with van der Waals surface area (Å²) in [4.78, 5) is 1.47. The summed E-state index contributed by atoms with van der Waals surface area (Å²) >= 11 is 1.91. The van der Waals surface area contributed by atoms with Gasteiger partial charge in [-0.15, -0.1) is 11.3 Å². The van der Waals surface area contributed by atoms with Crippen molar-refractivity contribution in [3.05, 3.63) is 47.3 Å². The summed E-state index contributed by atoms with van der Waals surface area (Å²) in [6, 6.07) is 15.4. The summed E-state index contributed by atoms with van der Waals surface area (Å²) in [6.07, 6.45) is 1.13. The maximum Gasteiger partial charge on any atom is 0.0352 e. The molecule has 0 unspecified atom stereocenters. The first-order valence-electron chi connectivity index (χ1n) is 5.28. The fraction of sp³-hybridized carbons (Fsp3) is 0.143. The van der Waals surface area contributed by atoms with Crippen molar-refractivity contribution in [1.29, 1.82) is 0 Å². The third-order valence-corrected chi connectivity index (χ3v) is 4.07. The van der Waals surface area contributed by atoms with Crippen molar-refractivity contribution < 1.29 is 0 Å². The Morgan fingerprint density at radius 2 is 1.87 bits per heavy atom. The Morgan fingerprint density at radius 3 is 2.73 bits per heavy atom. The summed E-state index contributed by atoms with van der Waals surface area (Å²) in [5.74, 6) is 0. The van der Waals surface area contributed by atoms with Crippen LogP contribution in [0.15, 0.2) is 42.5 Å². The SMILES string of the molecule is CCc1cc2c(ccc3ccccc32)s1. The highest BCUT2D eigenvalue weighted by Gasteiger charge is 2.03. The van der Waals surface area contributed by atoms with E-state index in [9.17, 15) is 0 Å². The molecule has 3 rings (SSSR count). The Morgan fingerprint density at radius 1 is 1.00 bits per heavy atom. The Kier molecular flexibility index (Phi) is 2.00. The molecule has 0 atom stereocenters. The Labute approximate surface area is 93.2 Å². The molecule has 0 amide bonds. The van der Waals surface area contributed by atoms with Crippen LogP contribution in [-0.2, 0) is 6.42 Å². The molecule has 1 aromatic heterocycles. The molecule has 0 N–H and O–H groups in total. The first kappa shape index (κ1) is 8.93. The van der Waals surface area contributed by atoms with Crippen LogP contribution in [0.2, 0.25) is 0 Å². The van der Waals surface area contributed by atoms with Gasteiger partial charge in [0.2, 0.25) is 0 Å². The van der Waals surface area contributed by atoms with E-state index < -0.39 is 0 Å². The molecule has 0 aliphatic rings. The molecule has 0 bridgehead atoms. The van der Waals surface area contributed by atoms with Crippen LogP contribution >= 0.6 is 11.3 Å². The van der Waals surface area contributed by atoms with E-state index in [-0.39, 0.29) is 0 Å². The van der Waals surface area contributed by atoms with Crippen LogP contribution in [0.5, 0.6) is 0 Å². The van der Waals surface area contributed by atoms with Gasteiger partial charge in [-0.3, -0.25) is 0 Å². The van der Waals surface area contributed by atoms with Crippen LogP contribution < -0.4 is 0 Å². The minimum atomic E-state index is 1.13. The van der Waals surface area contributed by atoms with Crippen molar-refractivity contribution in [1.82, 2.24) is 0 Å². The van der Waals surface area contributed by atoms with E-state index in [4.69, 9.17) is 0 Å². The standard InChI is InChI=1S/C14H12S/c1-2-11-9-13-12-6-4-3-5-10(12)7-8-14(13)15-11/h3-9H,2H2,1H3. The largest absolute Gasteiger partial charge is 0.140 e. The lowest BCUT2D eigenvalue weighted by Gasteiger charge is -1.97. The minimum absolute atomic E-state index is 1.13. The predicted molar refractivity (Wildman–Crippen MR) is 68.7 cm³/mol. The third kappa shape index (κ3) is 1.35. The average Bonchev–Trinajstić information content (AvgIpc) is 2.72. The minimum Gasteiger partial charge on any atom is -0.140 e. The van der Waals surface area contributed by atoms with Gasteiger partial charge in [-0.1, -0.05) is 37.3 Å². The maximum atomic E-state index is 2.34. The van der Waals surface area contributed by atoms with Crippen molar-refractivity contribution in [3.63, 3.8) is 0 Å². The fourth-order valence-corrected chi connectivity index (χ4v) is 3.04. The summed E-state index contributed by atoms with van der Waals surface area (Å²) in [5.41, 5.74) is 0. The van der Waals surface area contributed by atoms with Gasteiger partial charge in [0.15, 0.2) is 0 Å². The van der Waals surface area contributed by atoms with Crippen molar-refractivity contribution in [3.8, 4) is 0 Å². The maximum absolute atomic E-state index is 2.34. The van der Waals surface area contributed by atoms with E-state index in [0.29, 0.717) is 0 Å². The van der Waals surface area contributed by atoms with Crippen LogP contribution in [0.4, 0.5) is 0 Å². The molecule has 0 aliphatic carbocycles. The Balaban J connectivity index is 2.47. The predicted octanol–water partition coefficient (Wildman–Crippen LogP) is 4.62. The molecule has 3 aromatic rings. The Bertz CT molecular complexity index is 619. The second kappa shape index (κ2) is 3.35. The molecule has 0 saturated carbocycles. The summed E-state index contributed by atoms with van der Waals surface area (Å²) in [5, 5.41) is 4.13. The van der Waals surface area contributed by atoms with Crippen LogP contribution in [0.1, 0.15) is 11.8 Å². The lowest BCUT2D eigenvalue weighted by atomic mass is 10.1. The molecule has 0 nitrogen and oxygen atoms in total. The lowest BCUT2D eigenvalue weighted by Crippen LogP contribution is -1.71. The molecular formula is C14H12S. The van der Waals surface area contributed by atoms with E-state index in [1.165, 1.54) is 25.7 Å². The molecule has 1 heteroatoms. The van der Waals surface area contributed by atoms with E-state index in [1.807, 2.05) is 11.3 Å². The second-order valence-electron chi connectivity index (χ2n) is 3.76. The molecule has 15 heavy (non-hydrogen) atoms. The zero-order valence-electron chi connectivity index (χ0n) is 8.66. The summed E-state index contributed by atoms with van der Waals surface area (Å²) in [7, 11) is 0. The molecule has 0 saturated heterocycles. The highest BCUT2D eigenvalue weighted by Crippen LogP contribution is 2.32. The van der Waals surface area contributed by atoms with Gasteiger partial charge in [0.05, 0.1) is 0 Å². The monoisotopic (exact) mass is 212 g/mol. The van der Waals surface area contributed by atoms with Gasteiger partial charge in [0, 0.05) is 15.0 Å². The molecule has 74 valence electrons. The molecule has 2 aromatic carbocycles. The quantitative estimate of drug-likeness (QED) is 0.552. The second-order valence-corrected chi connectivity index (χ2v) is 4.93. The number of hydrogen-bond acceptors (Lipinski definition) is 1. The fourth-order valence-electron chi connectivity index (χ4n) is 2.02. The first-order valence-corrected chi connectivity index (χ1v) is 6.10. The summed E-state index contributed by atoms with van der Waals surface area (Å²) in [6.45, 7) is 2.22. The van der Waals surface area contributed by atoms with Gasteiger partial charge in [-0.25, -0.2) is 0 Å². The van der Waals surface area contributed by atoms with Crippen LogP contribution in [0, 0.1) is 0 Å². The number of aryl methyl sites for hydroxylation is 1. The molecule has 1 heterocycles. The van der Waals surface area contributed by atoms with Crippen LogP contribution in [-0.4, -0.2) is 0 Å². The van der Waals surface area contributed by atoms with Gasteiger partial charge < -0.3 is 0 Å². The molecular weight excluding hydrogens is 200 g/mol. The van der Waals surface area contributed by atoms with Crippen molar-refractivity contribution in [2.24, 2.45) is 0 Å². The van der Waals surface area contributed by atoms with Crippen LogP contribution in [0.3, 0.4) is 0 Å². The Hall–Kier alpha value is -1.34. The summed E-state index contributed by atoms with van der Waals surface area (Å²) < 4.78 is 1.41. The van der Waals surface area contributed by atoms with Gasteiger partial charge >= 0.3 is 0 Å². The van der Waals surface area contributed by atoms with Crippen molar-refractivity contribution in [2.45, 2.75) is 13.3 Å². The molecule has 0 fully saturated rings. The zero-order valence-corrected chi connectivity index (χ0v) is 9.47. The zero-order chi connectivity index (χ0) is 10.3. The van der Waals surface area contributed by atoms with Crippen LogP contribution in [0.25, 0.3) is 20.9 Å². The van der Waals surface area contributed by atoms with E-state index in [2.05, 4.69) is 49.4 Å². The van der Waals surface area contributed by atoms with Gasteiger partial charge in [0.1, 0.15) is 0 Å². The van der Waals surface area contributed by atoms with E-state index in [1.54, 1.807) is 0 Å². The first-order chi connectivity index (χ1) is 7.38. The van der Waals surface area contributed by atoms with Crippen molar-refractivity contribution in [2.75, 3.05) is 0 Å². The smallest absolute Gasteiger partial charge is 0.0352 e.